The van der Waals surface area contributed by atoms with Crippen molar-refractivity contribution in [2.45, 2.75) is 50.9 Å². The van der Waals surface area contributed by atoms with Gasteiger partial charge in [-0.25, -0.2) is 0 Å². The fraction of sp³-hybridized carbons (Fsp3) is 0.579. The van der Waals surface area contributed by atoms with E-state index in [4.69, 9.17) is 4.74 Å². The third-order valence-corrected chi connectivity index (χ3v) is 7.21. The van der Waals surface area contributed by atoms with Crippen molar-refractivity contribution in [3.8, 4) is 0 Å². The summed E-state index contributed by atoms with van der Waals surface area (Å²) >= 11 is 0. The molecule has 2 bridgehead atoms. The first-order chi connectivity index (χ1) is 11.3. The van der Waals surface area contributed by atoms with Crippen molar-refractivity contribution in [1.29, 1.82) is 0 Å². The van der Waals surface area contributed by atoms with Crippen molar-refractivity contribution in [2.75, 3.05) is 0 Å². The minimum atomic E-state index is -1.34. The molecule has 1 aromatic carbocycles. The van der Waals surface area contributed by atoms with Crippen LogP contribution in [0.1, 0.15) is 35.6 Å². The summed E-state index contributed by atoms with van der Waals surface area (Å²) in [6, 6.07) is 3.21. The fourth-order valence-electron chi connectivity index (χ4n) is 6.11. The van der Waals surface area contributed by atoms with Gasteiger partial charge in [-0.15, -0.1) is 0 Å². The van der Waals surface area contributed by atoms with Crippen LogP contribution >= 0.6 is 0 Å². The molecule has 3 fully saturated rings. The van der Waals surface area contributed by atoms with Crippen molar-refractivity contribution in [2.24, 2.45) is 17.3 Å². The number of fused-ring (bicyclic) bond motifs is 2. The van der Waals surface area contributed by atoms with Gasteiger partial charge in [-0.3, -0.25) is 9.59 Å². The Morgan fingerprint density at radius 1 is 1.29 bits per heavy atom. The number of ether oxygens (including phenoxy) is 1. The van der Waals surface area contributed by atoms with E-state index < -0.39 is 29.2 Å². The van der Waals surface area contributed by atoms with E-state index in [0.29, 0.717) is 19.3 Å². The van der Waals surface area contributed by atoms with Gasteiger partial charge in [0.15, 0.2) is 5.43 Å². The third kappa shape index (κ3) is 1.26. The Kier molecular flexibility index (Phi) is 2.49. The first-order valence-corrected chi connectivity index (χ1v) is 8.61. The Morgan fingerprint density at radius 3 is 2.79 bits per heavy atom. The quantitative estimate of drug-likeness (QED) is 0.681. The zero-order valence-electron chi connectivity index (χ0n) is 13.7. The second-order valence-electron chi connectivity index (χ2n) is 7.95. The normalized spacial score (nSPS) is 44.2. The van der Waals surface area contributed by atoms with Gasteiger partial charge in [-0.1, -0.05) is 6.92 Å². The first kappa shape index (κ1) is 14.6. The van der Waals surface area contributed by atoms with Crippen LogP contribution in [-0.2, 0) is 28.0 Å². The molecule has 0 radical (unpaired) electrons. The molecule has 6 atom stereocenters. The van der Waals surface area contributed by atoms with E-state index in [2.05, 4.69) is 0 Å². The summed E-state index contributed by atoms with van der Waals surface area (Å²) in [6.07, 6.45) is 0.0283. The number of esters is 1. The Hall–Kier alpha value is -1.72. The van der Waals surface area contributed by atoms with Crippen LogP contribution in [0, 0.1) is 24.2 Å². The van der Waals surface area contributed by atoms with Gasteiger partial charge in [0.2, 0.25) is 0 Å². The highest BCUT2D eigenvalue weighted by Crippen LogP contribution is 2.68. The van der Waals surface area contributed by atoms with Gasteiger partial charge < -0.3 is 14.9 Å². The summed E-state index contributed by atoms with van der Waals surface area (Å²) in [4.78, 5) is 24.9. The highest BCUT2D eigenvalue weighted by molar-refractivity contribution is 5.84. The van der Waals surface area contributed by atoms with E-state index in [0.717, 1.165) is 22.3 Å². The summed E-state index contributed by atoms with van der Waals surface area (Å²) in [5.74, 6) is -1.11. The standard InChI is InChI=1S/C19H20O5/c1-8-5-11(20)6-10-3-4-18-9(2)15(21)16(24-17(18)22)13-7-12(8)14(10)19(13,18)23/h5-6,9,13,15-16,21,23H,3-4,7H2,1-2H3/t9-,13-,15-,16-,18+,19-/m1/s1. The Bertz CT molecular complexity index is 861. The van der Waals surface area contributed by atoms with E-state index in [1.54, 1.807) is 12.1 Å². The van der Waals surface area contributed by atoms with Crippen LogP contribution in [-0.4, -0.2) is 28.4 Å². The molecule has 1 saturated carbocycles. The zero-order chi connectivity index (χ0) is 17.0. The van der Waals surface area contributed by atoms with Gasteiger partial charge in [-0.2, -0.15) is 0 Å². The SMILES string of the molecule is Cc1cc(=O)cc2c3c1C[C@@H]1[C@H]4OC(=O)[C@](CC2)([C@H](C)[C@H]4O)[C@]31O. The average Bonchev–Trinajstić information content (AvgIpc) is 2.77. The van der Waals surface area contributed by atoms with E-state index >= 15 is 0 Å². The zero-order valence-corrected chi connectivity index (χ0v) is 13.7. The molecule has 2 aliphatic heterocycles. The molecule has 6 rings (SSSR count). The van der Waals surface area contributed by atoms with Gasteiger partial charge in [0.05, 0.1) is 6.10 Å². The topological polar surface area (TPSA) is 83.8 Å². The Balaban J connectivity index is 1.91. The van der Waals surface area contributed by atoms with Crippen molar-refractivity contribution in [1.82, 2.24) is 0 Å². The number of carbonyl (C=O) groups excluding carboxylic acids is 1. The fourth-order valence-corrected chi connectivity index (χ4v) is 6.11. The number of hydrogen-bond donors (Lipinski definition) is 2. The second-order valence-corrected chi connectivity index (χ2v) is 7.95. The van der Waals surface area contributed by atoms with E-state index in [1.807, 2.05) is 13.8 Å². The monoisotopic (exact) mass is 328 g/mol. The highest BCUT2D eigenvalue weighted by Gasteiger charge is 2.77. The molecule has 24 heavy (non-hydrogen) atoms. The van der Waals surface area contributed by atoms with Gasteiger partial charge in [-0.05, 0) is 60.6 Å². The maximum atomic E-state index is 12.8. The molecule has 5 heteroatoms. The van der Waals surface area contributed by atoms with Crippen LogP contribution in [0.5, 0.6) is 0 Å². The number of rotatable bonds is 0. The van der Waals surface area contributed by atoms with Gasteiger partial charge in [0.25, 0.3) is 0 Å². The molecule has 3 aliphatic carbocycles. The van der Waals surface area contributed by atoms with Crippen LogP contribution < -0.4 is 5.43 Å². The van der Waals surface area contributed by atoms with Crippen LogP contribution in [0.4, 0.5) is 0 Å². The van der Waals surface area contributed by atoms with Crippen LogP contribution in [0.2, 0.25) is 0 Å². The number of aliphatic hydroxyl groups is 2. The molecular weight excluding hydrogens is 308 g/mol. The summed E-state index contributed by atoms with van der Waals surface area (Å²) in [7, 11) is 0. The van der Waals surface area contributed by atoms with Gasteiger partial charge >= 0.3 is 5.97 Å². The predicted molar refractivity (Wildman–Crippen MR) is 84.3 cm³/mol. The molecule has 1 spiro atoms. The van der Waals surface area contributed by atoms with Crippen molar-refractivity contribution < 1.29 is 19.7 Å². The molecule has 1 aromatic rings. The maximum Gasteiger partial charge on any atom is 0.316 e. The molecule has 0 amide bonds. The molecule has 2 heterocycles. The third-order valence-electron chi connectivity index (χ3n) is 7.21. The lowest BCUT2D eigenvalue weighted by Gasteiger charge is -2.63. The number of hydrogen-bond acceptors (Lipinski definition) is 5. The molecule has 126 valence electrons. The molecule has 0 aromatic heterocycles. The van der Waals surface area contributed by atoms with E-state index in [1.165, 1.54) is 0 Å². The van der Waals surface area contributed by atoms with E-state index in [-0.39, 0.29) is 17.3 Å². The Labute approximate surface area is 139 Å². The summed E-state index contributed by atoms with van der Waals surface area (Å²) in [5, 5.41) is 22.6. The van der Waals surface area contributed by atoms with E-state index in [9.17, 15) is 19.8 Å². The predicted octanol–water partition coefficient (Wildman–Crippen LogP) is 0.584. The van der Waals surface area contributed by atoms with Crippen LogP contribution in [0.3, 0.4) is 0 Å². The van der Waals surface area contributed by atoms with Crippen LogP contribution in [0.15, 0.2) is 16.9 Å². The average molecular weight is 328 g/mol. The molecule has 2 saturated heterocycles. The van der Waals surface area contributed by atoms with Crippen LogP contribution in [0.25, 0.3) is 0 Å². The summed E-state index contributed by atoms with van der Waals surface area (Å²) < 4.78 is 5.58. The molecule has 2 N–H and O–H groups in total. The lowest BCUT2D eigenvalue weighted by molar-refractivity contribution is -0.301. The summed E-state index contributed by atoms with van der Waals surface area (Å²) in [6.45, 7) is 3.72. The smallest absolute Gasteiger partial charge is 0.316 e. The minimum Gasteiger partial charge on any atom is -0.459 e. The lowest BCUT2D eigenvalue weighted by atomic mass is 9.46. The Morgan fingerprint density at radius 2 is 2.04 bits per heavy atom. The number of aryl methyl sites for hydroxylation is 2. The maximum absolute atomic E-state index is 12.8. The summed E-state index contributed by atoms with van der Waals surface area (Å²) in [5.41, 5.74) is 0.881. The van der Waals surface area contributed by atoms with Gasteiger partial charge in [0, 0.05) is 11.8 Å². The highest BCUT2D eigenvalue weighted by atomic mass is 16.6. The number of aliphatic hydroxyl groups excluding tert-OH is 1. The molecule has 5 aliphatic rings. The second kappa shape index (κ2) is 4.09. The molecular formula is C19H20O5. The number of carbonyl (C=O) groups is 1. The lowest BCUT2D eigenvalue weighted by Crippen LogP contribution is -2.74. The minimum absolute atomic E-state index is 0.0652. The molecule has 0 unspecified atom stereocenters. The van der Waals surface area contributed by atoms with Crippen molar-refractivity contribution >= 4 is 5.97 Å². The first-order valence-electron chi connectivity index (χ1n) is 8.61. The van der Waals surface area contributed by atoms with Crippen molar-refractivity contribution in [3.05, 3.63) is 44.6 Å². The molecule has 5 nitrogen and oxygen atoms in total. The largest absolute Gasteiger partial charge is 0.459 e. The van der Waals surface area contributed by atoms with Crippen molar-refractivity contribution in [3.63, 3.8) is 0 Å². The van der Waals surface area contributed by atoms with Gasteiger partial charge in [0.1, 0.15) is 17.1 Å².